The molecule has 0 saturated carbocycles. The van der Waals surface area contributed by atoms with E-state index >= 15 is 0 Å². The van der Waals surface area contributed by atoms with Crippen molar-refractivity contribution >= 4 is 22.2 Å². The van der Waals surface area contributed by atoms with Crippen LogP contribution in [0, 0.1) is 22.9 Å². The first-order valence-corrected chi connectivity index (χ1v) is 16.6. The van der Waals surface area contributed by atoms with Crippen molar-refractivity contribution in [2.24, 2.45) is 0 Å². The van der Waals surface area contributed by atoms with Crippen molar-refractivity contribution < 1.29 is 0 Å². The molecule has 4 nitrogen and oxygen atoms in total. The topological polar surface area (TPSA) is 54.9 Å². The third kappa shape index (κ3) is 7.99. The van der Waals surface area contributed by atoms with Gasteiger partial charge in [0.15, 0.2) is 0 Å². The molecule has 0 aliphatic rings. The normalized spacial score (nSPS) is 11.0. The number of nitrogens with zero attached hydrogens (tertiary/aromatic N) is 1. The lowest BCUT2D eigenvalue weighted by atomic mass is 10.2. The van der Waals surface area contributed by atoms with E-state index in [9.17, 15) is 9.59 Å². The lowest BCUT2D eigenvalue weighted by molar-refractivity contribution is 0.718. The SMILES string of the molecule is C[Si](C)(C)C#CC(C#C[Si](C)(C)C)=Cc1cn(Cc2ccccc2)c(=O)[nH]c1=O. The first kappa shape index (κ1) is 22.5. The van der Waals surface area contributed by atoms with Gasteiger partial charge in [-0.25, -0.2) is 4.79 Å². The molecule has 0 radical (unpaired) electrons. The van der Waals surface area contributed by atoms with Crippen LogP contribution in [0.15, 0.2) is 51.7 Å². The molecule has 0 bridgehead atoms. The predicted molar refractivity (Wildman–Crippen MR) is 127 cm³/mol. The molecule has 1 heterocycles. The van der Waals surface area contributed by atoms with Gasteiger partial charge >= 0.3 is 5.69 Å². The summed E-state index contributed by atoms with van der Waals surface area (Å²) in [6, 6.07) is 9.65. The van der Waals surface area contributed by atoms with Crippen LogP contribution < -0.4 is 11.2 Å². The molecule has 2 aromatic rings. The van der Waals surface area contributed by atoms with E-state index in [1.807, 2.05) is 30.3 Å². The fraction of sp³-hybridized carbons (Fsp3) is 0.304. The zero-order chi connectivity index (χ0) is 21.7. The quantitative estimate of drug-likeness (QED) is 0.608. The number of benzene rings is 1. The molecule has 1 aromatic heterocycles. The van der Waals surface area contributed by atoms with Gasteiger partial charge in [0, 0.05) is 6.20 Å². The van der Waals surface area contributed by atoms with Crippen molar-refractivity contribution in [2.75, 3.05) is 0 Å². The summed E-state index contributed by atoms with van der Waals surface area (Å²) in [5.74, 6) is 6.35. The van der Waals surface area contributed by atoms with E-state index in [1.165, 1.54) is 4.57 Å². The summed E-state index contributed by atoms with van der Waals surface area (Å²) in [4.78, 5) is 27.0. The van der Waals surface area contributed by atoms with Crippen molar-refractivity contribution in [3.63, 3.8) is 0 Å². The smallest absolute Gasteiger partial charge is 0.296 e. The number of allylic oxidation sites excluding steroid dienone is 1. The summed E-state index contributed by atoms with van der Waals surface area (Å²) in [7, 11) is -3.19. The highest BCUT2D eigenvalue weighted by Gasteiger charge is 2.10. The summed E-state index contributed by atoms with van der Waals surface area (Å²) in [5, 5.41) is 0. The van der Waals surface area contributed by atoms with Crippen LogP contribution in [0.1, 0.15) is 11.1 Å². The number of aromatic nitrogens is 2. The molecule has 150 valence electrons. The minimum atomic E-state index is -1.60. The Hall–Kier alpha value is -2.81. The molecule has 0 unspecified atom stereocenters. The molecular formula is C23H28N2O2Si2. The average Bonchev–Trinajstić information content (AvgIpc) is 2.60. The van der Waals surface area contributed by atoms with Crippen molar-refractivity contribution in [2.45, 2.75) is 45.8 Å². The van der Waals surface area contributed by atoms with Gasteiger partial charge in [0.1, 0.15) is 16.1 Å². The minimum absolute atomic E-state index is 0.380. The highest BCUT2D eigenvalue weighted by atomic mass is 28.3. The van der Waals surface area contributed by atoms with E-state index in [0.29, 0.717) is 17.7 Å². The molecule has 0 saturated heterocycles. The molecule has 2 rings (SSSR count). The lowest BCUT2D eigenvalue weighted by Gasteiger charge is -2.07. The van der Waals surface area contributed by atoms with Gasteiger partial charge in [0.25, 0.3) is 5.56 Å². The standard InChI is InChI=1S/C23H28N2O2Si2/c1-28(2,3)14-12-19(13-15-29(4,5)6)16-21-18-25(23(27)24-22(21)26)17-20-10-8-7-9-11-20/h7-11,16,18H,17H2,1-6H3,(H,24,26,27). The van der Waals surface area contributed by atoms with E-state index in [4.69, 9.17) is 0 Å². The zero-order valence-electron chi connectivity index (χ0n) is 18.0. The first-order valence-electron chi connectivity index (χ1n) is 9.59. The maximum absolute atomic E-state index is 12.4. The summed E-state index contributed by atoms with van der Waals surface area (Å²) in [5.41, 5.74) is 7.75. The lowest BCUT2D eigenvalue weighted by Crippen LogP contribution is -2.31. The number of H-pyrrole nitrogens is 1. The van der Waals surface area contributed by atoms with Gasteiger partial charge in [-0.05, 0) is 11.6 Å². The van der Waals surface area contributed by atoms with Crippen LogP contribution in [0.4, 0.5) is 0 Å². The number of nitrogens with one attached hydrogen (secondary N) is 1. The highest BCUT2D eigenvalue weighted by molar-refractivity contribution is 6.84. The molecule has 0 fully saturated rings. The minimum Gasteiger partial charge on any atom is -0.296 e. The molecule has 6 heteroatoms. The second-order valence-corrected chi connectivity index (χ2v) is 18.5. The molecule has 29 heavy (non-hydrogen) atoms. The Bertz CT molecular complexity index is 1100. The fourth-order valence-corrected chi connectivity index (χ4v) is 3.31. The van der Waals surface area contributed by atoms with Crippen LogP contribution >= 0.6 is 0 Å². The Morgan fingerprint density at radius 3 is 2.03 bits per heavy atom. The monoisotopic (exact) mass is 420 g/mol. The Labute approximate surface area is 174 Å². The number of aromatic amines is 1. The van der Waals surface area contributed by atoms with Gasteiger partial charge in [-0.2, -0.15) is 0 Å². The van der Waals surface area contributed by atoms with Gasteiger partial charge in [-0.1, -0.05) is 81.5 Å². The fourth-order valence-electron chi connectivity index (χ4n) is 2.30. The maximum Gasteiger partial charge on any atom is 0.328 e. The maximum atomic E-state index is 12.4. The summed E-state index contributed by atoms with van der Waals surface area (Å²) >= 11 is 0. The number of rotatable bonds is 3. The zero-order valence-corrected chi connectivity index (χ0v) is 20.0. The Kier molecular flexibility index (Phi) is 7.08. The molecule has 0 aliphatic carbocycles. The second kappa shape index (κ2) is 9.13. The van der Waals surface area contributed by atoms with E-state index in [-0.39, 0.29) is 0 Å². The van der Waals surface area contributed by atoms with Crippen LogP contribution in [0.2, 0.25) is 39.3 Å². The summed E-state index contributed by atoms with van der Waals surface area (Å²) < 4.78 is 1.50. The van der Waals surface area contributed by atoms with Gasteiger partial charge in [0.2, 0.25) is 0 Å². The third-order valence-corrected chi connectivity index (χ3v) is 5.43. The van der Waals surface area contributed by atoms with E-state index in [2.05, 4.69) is 67.2 Å². The average molecular weight is 421 g/mol. The van der Waals surface area contributed by atoms with Crippen LogP contribution in [0.25, 0.3) is 6.08 Å². The van der Waals surface area contributed by atoms with Gasteiger partial charge in [-0.15, -0.1) is 11.1 Å². The third-order valence-electron chi connectivity index (χ3n) is 3.68. The van der Waals surface area contributed by atoms with Crippen LogP contribution in [-0.2, 0) is 6.54 Å². The Morgan fingerprint density at radius 1 is 0.966 bits per heavy atom. The molecule has 0 spiro atoms. The predicted octanol–water partition coefficient (Wildman–Crippen LogP) is 3.73. The molecular weight excluding hydrogens is 392 g/mol. The van der Waals surface area contributed by atoms with Crippen molar-refractivity contribution in [3.8, 4) is 22.9 Å². The number of hydrogen-bond donors (Lipinski definition) is 1. The van der Waals surface area contributed by atoms with E-state index in [0.717, 1.165) is 5.56 Å². The van der Waals surface area contributed by atoms with Crippen molar-refractivity contribution in [1.82, 2.24) is 9.55 Å². The van der Waals surface area contributed by atoms with Crippen molar-refractivity contribution in [1.29, 1.82) is 0 Å². The van der Waals surface area contributed by atoms with E-state index in [1.54, 1.807) is 12.3 Å². The Balaban J connectivity index is 2.54. The van der Waals surface area contributed by atoms with Gasteiger partial charge in [0.05, 0.1) is 17.7 Å². The number of hydrogen-bond acceptors (Lipinski definition) is 2. The van der Waals surface area contributed by atoms with Crippen LogP contribution in [0.5, 0.6) is 0 Å². The molecule has 1 aromatic carbocycles. The molecule has 1 N–H and O–H groups in total. The first-order chi connectivity index (χ1) is 13.4. The molecule has 0 atom stereocenters. The molecule has 0 aliphatic heterocycles. The van der Waals surface area contributed by atoms with Crippen LogP contribution in [-0.4, -0.2) is 25.7 Å². The van der Waals surface area contributed by atoms with E-state index < -0.39 is 27.4 Å². The van der Waals surface area contributed by atoms with Crippen molar-refractivity contribution in [3.05, 3.63) is 74.1 Å². The van der Waals surface area contributed by atoms with Gasteiger partial charge in [-0.3, -0.25) is 14.3 Å². The summed E-state index contributed by atoms with van der Waals surface area (Å²) in [6.07, 6.45) is 3.28. The largest absolute Gasteiger partial charge is 0.328 e. The second-order valence-electron chi connectivity index (χ2n) is 9.02. The highest BCUT2D eigenvalue weighted by Crippen LogP contribution is 2.06. The summed E-state index contributed by atoms with van der Waals surface area (Å²) in [6.45, 7) is 13.4. The Morgan fingerprint density at radius 2 is 1.52 bits per heavy atom. The van der Waals surface area contributed by atoms with Crippen LogP contribution in [0.3, 0.4) is 0 Å². The molecule has 0 amide bonds. The van der Waals surface area contributed by atoms with Gasteiger partial charge < -0.3 is 0 Å².